The van der Waals surface area contributed by atoms with Gasteiger partial charge >= 0.3 is 6.18 Å². The van der Waals surface area contributed by atoms with E-state index < -0.39 is 29.4 Å². The van der Waals surface area contributed by atoms with Gasteiger partial charge in [0.15, 0.2) is 11.3 Å². The monoisotopic (exact) mass is 711 g/mol. The van der Waals surface area contributed by atoms with Crippen molar-refractivity contribution in [3.8, 4) is 11.1 Å². The van der Waals surface area contributed by atoms with Gasteiger partial charge in [0.1, 0.15) is 10.6 Å². The standard InChI is InChI=1S/C32H33BrF3N9O2/c1-31(2,17-45-27(33)12-26(41-45)32(34,35)36)40-30(47)25(9-18-13-38-43(3)15-18)39-29(46)24-11-23(24)20-7-5-19(6-8-20)21-10-22-16-44(4)42-28(22)37-14-21/h5-8,10,12-16,23-25H,9,11,17H2,1-4H3,(H,39,46)(H,40,47)/t23-,24+,25-/m1/s1. The molecular formula is C32H33BrF3N9O2. The molecule has 1 aliphatic rings. The molecule has 4 aromatic heterocycles. The average molecular weight is 713 g/mol. The molecule has 0 unspecified atom stereocenters. The van der Waals surface area contributed by atoms with Crippen molar-refractivity contribution in [3.05, 3.63) is 82.6 Å². The summed E-state index contributed by atoms with van der Waals surface area (Å²) in [6, 6.07) is 10.1. The van der Waals surface area contributed by atoms with Crippen LogP contribution in [0.5, 0.6) is 0 Å². The molecule has 246 valence electrons. The Balaban J connectivity index is 1.12. The lowest BCUT2D eigenvalue weighted by Crippen LogP contribution is -2.55. The molecular weight excluding hydrogens is 679 g/mol. The summed E-state index contributed by atoms with van der Waals surface area (Å²) in [5.74, 6) is -0.988. The van der Waals surface area contributed by atoms with E-state index in [9.17, 15) is 22.8 Å². The van der Waals surface area contributed by atoms with E-state index in [1.54, 1.807) is 48.8 Å². The molecule has 6 rings (SSSR count). The molecule has 4 heterocycles. The third-order valence-corrected chi connectivity index (χ3v) is 8.77. The van der Waals surface area contributed by atoms with E-state index in [-0.39, 0.29) is 35.3 Å². The first-order chi connectivity index (χ1) is 22.1. The highest BCUT2D eigenvalue weighted by Crippen LogP contribution is 2.48. The van der Waals surface area contributed by atoms with E-state index in [0.717, 1.165) is 38.4 Å². The Morgan fingerprint density at radius 1 is 1.02 bits per heavy atom. The van der Waals surface area contributed by atoms with Crippen molar-refractivity contribution in [2.45, 2.75) is 56.9 Å². The molecule has 1 fully saturated rings. The lowest BCUT2D eigenvalue weighted by molar-refractivity contribution is -0.141. The fourth-order valence-electron chi connectivity index (χ4n) is 5.75. The maximum absolute atomic E-state index is 13.6. The normalized spacial score (nSPS) is 17.1. The molecule has 3 atom stereocenters. The molecule has 1 saturated carbocycles. The number of fused-ring (bicyclic) bond motifs is 1. The summed E-state index contributed by atoms with van der Waals surface area (Å²) >= 11 is 3.13. The van der Waals surface area contributed by atoms with Gasteiger partial charge in [0, 0.05) is 62.0 Å². The third-order valence-electron chi connectivity index (χ3n) is 8.13. The Morgan fingerprint density at radius 3 is 2.43 bits per heavy atom. The number of benzene rings is 1. The third kappa shape index (κ3) is 7.39. The van der Waals surface area contributed by atoms with Crippen molar-refractivity contribution in [3.63, 3.8) is 0 Å². The molecule has 0 spiro atoms. The summed E-state index contributed by atoms with van der Waals surface area (Å²) in [5, 5.41) is 18.9. The first kappa shape index (κ1) is 32.4. The van der Waals surface area contributed by atoms with Crippen LogP contribution in [0, 0.1) is 5.92 Å². The number of amides is 2. The number of hydrogen-bond donors (Lipinski definition) is 2. The van der Waals surface area contributed by atoms with Crippen LogP contribution in [0.3, 0.4) is 0 Å². The van der Waals surface area contributed by atoms with Gasteiger partial charge in [-0.25, -0.2) is 4.98 Å². The molecule has 2 amide bonds. The van der Waals surface area contributed by atoms with Crippen molar-refractivity contribution in [2.75, 3.05) is 0 Å². The minimum absolute atomic E-state index is 0.0153. The lowest BCUT2D eigenvalue weighted by Gasteiger charge is -2.29. The summed E-state index contributed by atoms with van der Waals surface area (Å²) in [5.41, 5.74) is 2.39. The van der Waals surface area contributed by atoms with Crippen molar-refractivity contribution in [1.82, 2.24) is 45.0 Å². The van der Waals surface area contributed by atoms with Gasteiger partial charge in [0.05, 0.1) is 18.3 Å². The zero-order valence-corrected chi connectivity index (χ0v) is 27.7. The van der Waals surface area contributed by atoms with Crippen molar-refractivity contribution < 1.29 is 22.8 Å². The highest BCUT2D eigenvalue weighted by Gasteiger charge is 2.45. The van der Waals surface area contributed by atoms with E-state index in [1.807, 2.05) is 43.6 Å². The van der Waals surface area contributed by atoms with E-state index in [0.29, 0.717) is 12.1 Å². The zero-order chi connectivity index (χ0) is 33.7. The SMILES string of the molecule is Cn1cc(C[C@@H](NC(=O)[C@H]2C[C@@H]2c2ccc(-c3cnc4nn(C)cc4c3)cc2)C(=O)NC(C)(C)Cn2nc(C(F)(F)F)cc2Br)cn1. The predicted octanol–water partition coefficient (Wildman–Crippen LogP) is 4.77. The number of hydrogen-bond acceptors (Lipinski definition) is 6. The number of alkyl halides is 3. The summed E-state index contributed by atoms with van der Waals surface area (Å²) in [6.45, 7) is 3.32. The Kier molecular flexibility index (Phi) is 8.45. The van der Waals surface area contributed by atoms with Gasteiger partial charge < -0.3 is 10.6 Å². The fourth-order valence-corrected chi connectivity index (χ4v) is 6.17. The second kappa shape index (κ2) is 12.2. The van der Waals surface area contributed by atoms with Crippen LogP contribution in [0.25, 0.3) is 22.2 Å². The minimum atomic E-state index is -4.60. The van der Waals surface area contributed by atoms with Gasteiger partial charge in [0.2, 0.25) is 11.8 Å². The molecule has 47 heavy (non-hydrogen) atoms. The molecule has 5 aromatic rings. The topological polar surface area (TPSA) is 125 Å². The van der Waals surface area contributed by atoms with E-state index in [2.05, 4.69) is 46.8 Å². The molecule has 0 radical (unpaired) electrons. The van der Waals surface area contributed by atoms with Gasteiger partial charge in [-0.1, -0.05) is 24.3 Å². The molecule has 0 saturated heterocycles. The summed E-state index contributed by atoms with van der Waals surface area (Å²) < 4.78 is 44.2. The average Bonchev–Trinajstić information content (AvgIpc) is 3.35. The van der Waals surface area contributed by atoms with Crippen LogP contribution in [0.1, 0.15) is 43.0 Å². The molecule has 0 bridgehead atoms. The maximum Gasteiger partial charge on any atom is 0.435 e. The largest absolute Gasteiger partial charge is 0.435 e. The van der Waals surface area contributed by atoms with Crippen molar-refractivity contribution in [2.24, 2.45) is 20.0 Å². The van der Waals surface area contributed by atoms with Gasteiger partial charge in [-0.2, -0.15) is 28.5 Å². The second-order valence-corrected chi connectivity index (χ2v) is 13.5. The van der Waals surface area contributed by atoms with Crippen molar-refractivity contribution in [1.29, 1.82) is 0 Å². The minimum Gasteiger partial charge on any atom is -0.348 e. The van der Waals surface area contributed by atoms with E-state index in [1.165, 1.54) is 0 Å². The highest BCUT2D eigenvalue weighted by atomic mass is 79.9. The molecule has 11 nitrogen and oxygen atoms in total. The molecule has 1 aromatic carbocycles. The summed E-state index contributed by atoms with van der Waals surface area (Å²) in [6.07, 6.45) is 3.33. The molecule has 1 aliphatic carbocycles. The van der Waals surface area contributed by atoms with Gasteiger partial charge in [-0.05, 0) is 64.9 Å². The second-order valence-electron chi connectivity index (χ2n) is 12.7. The highest BCUT2D eigenvalue weighted by molar-refractivity contribution is 9.10. The fraction of sp³-hybridized carbons (Fsp3) is 0.375. The smallest absolute Gasteiger partial charge is 0.348 e. The predicted molar refractivity (Wildman–Crippen MR) is 171 cm³/mol. The van der Waals surface area contributed by atoms with Gasteiger partial charge in [-0.15, -0.1) is 0 Å². The van der Waals surface area contributed by atoms with Gasteiger partial charge in [-0.3, -0.25) is 23.6 Å². The van der Waals surface area contributed by atoms with Crippen molar-refractivity contribution >= 4 is 38.8 Å². The number of pyridine rings is 1. The summed E-state index contributed by atoms with van der Waals surface area (Å²) in [4.78, 5) is 31.5. The molecule has 0 aliphatic heterocycles. The van der Waals surface area contributed by atoms with Gasteiger partial charge in [0.25, 0.3) is 0 Å². The maximum atomic E-state index is 13.6. The first-order valence-electron chi connectivity index (χ1n) is 15.0. The Morgan fingerprint density at radius 2 is 1.77 bits per heavy atom. The van der Waals surface area contributed by atoms with Crippen LogP contribution < -0.4 is 10.6 Å². The number of carbonyl (C=O) groups excluding carboxylic acids is 2. The van der Waals surface area contributed by atoms with Crippen LogP contribution in [-0.2, 0) is 42.8 Å². The number of rotatable bonds is 10. The quantitative estimate of drug-likeness (QED) is 0.215. The Bertz CT molecular complexity index is 1940. The van der Waals surface area contributed by atoms with E-state index >= 15 is 0 Å². The van der Waals surface area contributed by atoms with Crippen LogP contribution in [0.2, 0.25) is 0 Å². The Labute approximate surface area is 276 Å². The van der Waals surface area contributed by atoms with Crippen LogP contribution in [0.15, 0.2) is 65.8 Å². The number of halogens is 4. The van der Waals surface area contributed by atoms with Crippen LogP contribution in [-0.4, -0.2) is 57.7 Å². The number of nitrogens with one attached hydrogen (secondary N) is 2. The number of carbonyl (C=O) groups is 2. The number of aromatic nitrogens is 7. The first-order valence-corrected chi connectivity index (χ1v) is 15.7. The molecule has 2 N–H and O–H groups in total. The lowest BCUT2D eigenvalue weighted by atomic mass is 10.0. The molecule has 15 heteroatoms. The Hall–Kier alpha value is -4.53. The number of aryl methyl sites for hydroxylation is 2. The zero-order valence-electron chi connectivity index (χ0n) is 26.1. The number of nitrogens with zero attached hydrogens (tertiary/aromatic N) is 7. The summed E-state index contributed by atoms with van der Waals surface area (Å²) in [7, 11) is 3.61. The van der Waals surface area contributed by atoms with Crippen LogP contribution >= 0.6 is 15.9 Å². The van der Waals surface area contributed by atoms with E-state index in [4.69, 9.17) is 0 Å². The van der Waals surface area contributed by atoms with Crippen LogP contribution in [0.4, 0.5) is 13.2 Å².